The standard InChI is InChI=1S/C18H25F3N4O2/c1-23-14(3-2-4-16(23)26)11-24-7-5-13(6-8-24)10-25-12-22-15(9-17(25)27)18(19,20)21/h9,12-14H,2-8,10-11H2,1H3. The van der Waals surface area contributed by atoms with Crippen LogP contribution >= 0.6 is 0 Å². The SMILES string of the molecule is CN1C(=O)CCCC1CN1CCC(Cn2cnc(C(F)(F)F)cc2=O)CC1. The van der Waals surface area contributed by atoms with Gasteiger partial charge < -0.3 is 9.80 Å². The Balaban J connectivity index is 1.51. The largest absolute Gasteiger partial charge is 0.433 e. The van der Waals surface area contributed by atoms with Crippen molar-refractivity contribution in [3.8, 4) is 0 Å². The molecule has 6 nitrogen and oxygen atoms in total. The highest BCUT2D eigenvalue weighted by Gasteiger charge is 2.33. The number of aromatic nitrogens is 2. The molecule has 2 saturated heterocycles. The maximum Gasteiger partial charge on any atom is 0.433 e. The average molecular weight is 386 g/mol. The van der Waals surface area contributed by atoms with Crippen LogP contribution in [0, 0.1) is 5.92 Å². The molecule has 0 radical (unpaired) electrons. The van der Waals surface area contributed by atoms with Gasteiger partial charge in [0.2, 0.25) is 5.91 Å². The molecule has 0 saturated carbocycles. The molecule has 0 N–H and O–H groups in total. The summed E-state index contributed by atoms with van der Waals surface area (Å²) in [4.78, 5) is 31.3. The van der Waals surface area contributed by atoms with E-state index in [4.69, 9.17) is 0 Å². The molecule has 9 heteroatoms. The predicted molar refractivity (Wildman–Crippen MR) is 93.1 cm³/mol. The molecule has 0 aromatic carbocycles. The molecule has 1 unspecified atom stereocenters. The molecular formula is C18H25F3N4O2. The summed E-state index contributed by atoms with van der Waals surface area (Å²) in [6, 6.07) is 0.815. The first-order valence-corrected chi connectivity index (χ1v) is 9.35. The minimum atomic E-state index is -4.60. The zero-order valence-corrected chi connectivity index (χ0v) is 15.4. The lowest BCUT2D eigenvalue weighted by molar-refractivity contribution is -0.141. The van der Waals surface area contributed by atoms with Crippen LogP contribution in [0.4, 0.5) is 13.2 Å². The maximum atomic E-state index is 12.6. The Morgan fingerprint density at radius 2 is 1.85 bits per heavy atom. The molecule has 1 aromatic heterocycles. The molecule has 1 aromatic rings. The van der Waals surface area contributed by atoms with Crippen LogP contribution in [0.25, 0.3) is 0 Å². The Morgan fingerprint density at radius 1 is 1.15 bits per heavy atom. The number of likely N-dealkylation sites (N-methyl/N-ethyl adjacent to an activating group) is 1. The van der Waals surface area contributed by atoms with E-state index in [0.717, 1.165) is 51.6 Å². The number of carbonyl (C=O) groups is 1. The van der Waals surface area contributed by atoms with Gasteiger partial charge in [-0.05, 0) is 44.7 Å². The highest BCUT2D eigenvalue weighted by Crippen LogP contribution is 2.26. The molecule has 150 valence electrons. The third-order valence-electron chi connectivity index (χ3n) is 5.67. The van der Waals surface area contributed by atoms with Crippen molar-refractivity contribution in [1.82, 2.24) is 19.4 Å². The molecule has 1 atom stereocenters. The number of carbonyl (C=O) groups excluding carboxylic acids is 1. The monoisotopic (exact) mass is 386 g/mol. The van der Waals surface area contributed by atoms with E-state index in [1.165, 1.54) is 4.57 Å². The second kappa shape index (κ2) is 8.00. The van der Waals surface area contributed by atoms with E-state index in [1.54, 1.807) is 0 Å². The number of likely N-dealkylation sites (tertiary alicyclic amines) is 2. The Hall–Kier alpha value is -1.90. The van der Waals surface area contributed by atoms with Gasteiger partial charge in [0, 0.05) is 38.7 Å². The third-order valence-corrected chi connectivity index (χ3v) is 5.67. The van der Waals surface area contributed by atoms with E-state index in [0.29, 0.717) is 19.0 Å². The quantitative estimate of drug-likeness (QED) is 0.794. The smallest absolute Gasteiger partial charge is 0.341 e. The summed E-state index contributed by atoms with van der Waals surface area (Å²) in [6.45, 7) is 2.98. The van der Waals surface area contributed by atoms with Crippen LogP contribution in [0.15, 0.2) is 17.2 Å². The van der Waals surface area contributed by atoms with Gasteiger partial charge in [-0.3, -0.25) is 14.2 Å². The average Bonchev–Trinajstić information content (AvgIpc) is 2.61. The second-order valence-electron chi connectivity index (χ2n) is 7.56. The first-order valence-electron chi connectivity index (χ1n) is 9.35. The summed E-state index contributed by atoms with van der Waals surface area (Å²) >= 11 is 0. The first kappa shape index (κ1) is 19.9. The van der Waals surface area contributed by atoms with Gasteiger partial charge >= 0.3 is 6.18 Å². The lowest BCUT2D eigenvalue weighted by Crippen LogP contribution is -2.49. The van der Waals surface area contributed by atoms with Crippen LogP contribution in [-0.4, -0.2) is 58.0 Å². The zero-order valence-electron chi connectivity index (χ0n) is 15.4. The summed E-state index contributed by atoms with van der Waals surface area (Å²) in [5.41, 5.74) is -1.81. The van der Waals surface area contributed by atoms with Crippen molar-refractivity contribution in [3.63, 3.8) is 0 Å². The van der Waals surface area contributed by atoms with E-state index >= 15 is 0 Å². The number of piperidine rings is 2. The molecule has 1 amide bonds. The maximum absolute atomic E-state index is 12.6. The molecule has 0 bridgehead atoms. The molecule has 2 aliphatic rings. The predicted octanol–water partition coefficient (Wildman–Crippen LogP) is 1.98. The third kappa shape index (κ3) is 4.88. The second-order valence-corrected chi connectivity index (χ2v) is 7.56. The number of rotatable bonds is 4. The van der Waals surface area contributed by atoms with Gasteiger partial charge in [-0.15, -0.1) is 0 Å². The van der Waals surface area contributed by atoms with Gasteiger partial charge in [-0.1, -0.05) is 0 Å². The molecule has 3 rings (SSSR count). The van der Waals surface area contributed by atoms with Crippen LogP contribution in [0.1, 0.15) is 37.8 Å². The molecule has 2 aliphatic heterocycles. The van der Waals surface area contributed by atoms with E-state index in [2.05, 4.69) is 9.88 Å². The van der Waals surface area contributed by atoms with Gasteiger partial charge in [0.1, 0.15) is 0 Å². The Labute approximate surface area is 156 Å². The van der Waals surface area contributed by atoms with Gasteiger partial charge in [0.15, 0.2) is 5.69 Å². The van der Waals surface area contributed by atoms with Crippen molar-refractivity contribution >= 4 is 5.91 Å². The summed E-state index contributed by atoms with van der Waals surface area (Å²) in [6.07, 6.45) is 0.737. The van der Waals surface area contributed by atoms with Gasteiger partial charge in [-0.2, -0.15) is 13.2 Å². The fourth-order valence-corrected chi connectivity index (χ4v) is 3.92. The van der Waals surface area contributed by atoms with Crippen molar-refractivity contribution in [3.05, 3.63) is 28.4 Å². The molecule has 2 fully saturated rings. The fraction of sp³-hybridized carbons (Fsp3) is 0.722. The molecule has 27 heavy (non-hydrogen) atoms. The number of hydrogen-bond donors (Lipinski definition) is 0. The van der Waals surface area contributed by atoms with Gasteiger partial charge in [0.05, 0.1) is 6.33 Å². The topological polar surface area (TPSA) is 58.4 Å². The summed E-state index contributed by atoms with van der Waals surface area (Å²) in [5, 5.41) is 0. The van der Waals surface area contributed by atoms with E-state index < -0.39 is 17.4 Å². The summed E-state index contributed by atoms with van der Waals surface area (Å²) < 4.78 is 39.1. The van der Waals surface area contributed by atoms with Crippen molar-refractivity contribution in [2.24, 2.45) is 5.92 Å². The van der Waals surface area contributed by atoms with Crippen molar-refractivity contribution in [2.45, 2.75) is 50.9 Å². The van der Waals surface area contributed by atoms with Gasteiger partial charge in [0.25, 0.3) is 5.56 Å². The van der Waals surface area contributed by atoms with Crippen molar-refractivity contribution in [1.29, 1.82) is 0 Å². The van der Waals surface area contributed by atoms with Crippen LogP contribution in [0.3, 0.4) is 0 Å². The molecule has 0 spiro atoms. The lowest BCUT2D eigenvalue weighted by Gasteiger charge is -2.39. The number of nitrogens with zero attached hydrogens (tertiary/aromatic N) is 4. The molecular weight excluding hydrogens is 361 g/mol. The highest BCUT2D eigenvalue weighted by molar-refractivity contribution is 5.76. The highest BCUT2D eigenvalue weighted by atomic mass is 19.4. The van der Waals surface area contributed by atoms with Gasteiger partial charge in [-0.25, -0.2) is 4.98 Å². The van der Waals surface area contributed by atoms with E-state index in [1.807, 2.05) is 11.9 Å². The Kier molecular flexibility index (Phi) is 5.88. The Morgan fingerprint density at radius 3 is 2.48 bits per heavy atom. The number of amides is 1. The molecule has 3 heterocycles. The van der Waals surface area contributed by atoms with Crippen molar-refractivity contribution in [2.75, 3.05) is 26.7 Å². The number of hydrogen-bond acceptors (Lipinski definition) is 4. The fourth-order valence-electron chi connectivity index (χ4n) is 3.92. The normalized spacial score (nSPS) is 23.0. The number of alkyl halides is 3. The first-order chi connectivity index (χ1) is 12.7. The Bertz CT molecular complexity index is 726. The van der Waals surface area contributed by atoms with Crippen LogP contribution in [0.5, 0.6) is 0 Å². The minimum Gasteiger partial charge on any atom is -0.341 e. The van der Waals surface area contributed by atoms with Crippen LogP contribution in [0.2, 0.25) is 0 Å². The summed E-state index contributed by atoms with van der Waals surface area (Å²) in [7, 11) is 1.86. The lowest BCUT2D eigenvalue weighted by atomic mass is 9.95. The minimum absolute atomic E-state index is 0.204. The summed E-state index contributed by atoms with van der Waals surface area (Å²) in [5.74, 6) is 0.443. The van der Waals surface area contributed by atoms with Crippen LogP contribution < -0.4 is 5.56 Å². The zero-order chi connectivity index (χ0) is 19.6. The van der Waals surface area contributed by atoms with Crippen LogP contribution in [-0.2, 0) is 17.5 Å². The molecule has 0 aliphatic carbocycles. The van der Waals surface area contributed by atoms with E-state index in [-0.39, 0.29) is 17.9 Å². The number of halogens is 3. The van der Waals surface area contributed by atoms with E-state index in [9.17, 15) is 22.8 Å². The van der Waals surface area contributed by atoms with Crippen molar-refractivity contribution < 1.29 is 18.0 Å².